The second-order valence-electron chi connectivity index (χ2n) is 12.0. The Morgan fingerprint density at radius 1 is 0.727 bits per heavy atom. The molecule has 6 aromatic rings. The van der Waals surface area contributed by atoms with Crippen LogP contribution in [0.3, 0.4) is 0 Å². The zero-order chi connectivity index (χ0) is 32.1. The minimum atomic E-state index is -0.826. The van der Waals surface area contributed by atoms with E-state index in [0.29, 0.717) is 0 Å². The van der Waals surface area contributed by atoms with Crippen molar-refractivity contribution >= 4 is 48.1 Å². The average Bonchev–Trinajstić information content (AvgIpc) is 3.64. The molecule has 0 bridgehead atoms. The third kappa shape index (κ3) is 10.1. The summed E-state index contributed by atoms with van der Waals surface area (Å²) in [5.41, 5.74) is 9.63. The molecule has 0 aromatic heterocycles. The quantitative estimate of drug-likeness (QED) is 0.126. The van der Waals surface area contributed by atoms with Gasteiger partial charge in [-0.2, -0.15) is 18.2 Å². The molecular formula is C40H44Cl2SiZr. The van der Waals surface area contributed by atoms with Gasteiger partial charge in [0.1, 0.15) is 0 Å². The third-order valence-corrected chi connectivity index (χ3v) is 7.44. The Morgan fingerprint density at radius 3 is 1.80 bits per heavy atom. The zero-order valence-corrected chi connectivity index (χ0v) is 32.1. The van der Waals surface area contributed by atoms with Crippen LogP contribution in [0.4, 0.5) is 0 Å². The third-order valence-electron chi connectivity index (χ3n) is 7.44. The molecule has 0 aliphatic rings. The van der Waals surface area contributed by atoms with Gasteiger partial charge in [0.2, 0.25) is 0 Å². The van der Waals surface area contributed by atoms with Gasteiger partial charge in [0.15, 0.2) is 0 Å². The molecular weight excluding hydrogens is 671 g/mol. The van der Waals surface area contributed by atoms with Gasteiger partial charge in [0.05, 0.1) is 0 Å². The first-order valence-corrected chi connectivity index (χ1v) is 23.5. The summed E-state index contributed by atoms with van der Waals surface area (Å²) in [5, 5.41) is 5.36. The van der Waals surface area contributed by atoms with Gasteiger partial charge in [-0.05, 0) is 34.1 Å². The van der Waals surface area contributed by atoms with Crippen LogP contribution >= 0.6 is 17.0 Å². The van der Waals surface area contributed by atoms with Crippen molar-refractivity contribution in [2.45, 2.75) is 66.0 Å². The van der Waals surface area contributed by atoms with E-state index in [9.17, 15) is 0 Å². The molecule has 0 unspecified atom stereocenters. The van der Waals surface area contributed by atoms with E-state index in [1.54, 1.807) is 0 Å². The van der Waals surface area contributed by atoms with Gasteiger partial charge in [0, 0.05) is 9.52 Å². The van der Waals surface area contributed by atoms with Crippen molar-refractivity contribution in [3.05, 3.63) is 132 Å². The van der Waals surface area contributed by atoms with Gasteiger partial charge in [-0.1, -0.05) is 126 Å². The molecule has 0 saturated carbocycles. The van der Waals surface area contributed by atoms with Crippen molar-refractivity contribution in [3.8, 4) is 22.3 Å². The normalized spacial score (nSPS) is 10.6. The van der Waals surface area contributed by atoms with Gasteiger partial charge >= 0.3 is 37.9 Å². The van der Waals surface area contributed by atoms with Crippen LogP contribution in [0.2, 0.25) is 13.1 Å². The van der Waals surface area contributed by atoms with Gasteiger partial charge in [0.25, 0.3) is 0 Å². The first kappa shape index (κ1) is 36.3. The SMILES string of the molecule is CC(C)(C)c1ccc(-c2cccc3[cH-]ccc23)cc1.CCCc1ccc(-c2cccc3[cH-]c(C)cc23)cc1.C[Si]C.[Cl][Zr+2][Cl]. The summed E-state index contributed by atoms with van der Waals surface area (Å²) in [6.45, 7) is 15.4. The molecule has 0 aliphatic heterocycles. The molecule has 6 aromatic carbocycles. The Hall–Kier alpha value is -2.22. The van der Waals surface area contributed by atoms with Crippen molar-refractivity contribution in [3.63, 3.8) is 0 Å². The molecule has 0 aliphatic carbocycles. The Bertz CT molecular complexity index is 1680. The minimum absolute atomic E-state index is 0.213. The number of benzene rings is 4. The molecule has 4 heteroatoms. The van der Waals surface area contributed by atoms with Crippen LogP contribution in [0.15, 0.2) is 115 Å². The predicted molar refractivity (Wildman–Crippen MR) is 197 cm³/mol. The summed E-state index contributed by atoms with van der Waals surface area (Å²) in [6, 6.07) is 42.1. The summed E-state index contributed by atoms with van der Waals surface area (Å²) in [6.07, 6.45) is 2.37. The molecule has 0 fully saturated rings. The summed E-state index contributed by atoms with van der Waals surface area (Å²) < 4.78 is 0. The predicted octanol–water partition coefficient (Wildman–Crippen LogP) is 13.2. The molecule has 0 atom stereocenters. The van der Waals surface area contributed by atoms with Crippen LogP contribution < -0.4 is 0 Å². The van der Waals surface area contributed by atoms with Crippen molar-refractivity contribution in [1.82, 2.24) is 0 Å². The van der Waals surface area contributed by atoms with E-state index in [-0.39, 0.29) is 5.41 Å². The van der Waals surface area contributed by atoms with Gasteiger partial charge < -0.3 is 0 Å². The number of hydrogen-bond donors (Lipinski definition) is 0. The summed E-state index contributed by atoms with van der Waals surface area (Å²) in [7, 11) is 11.0. The number of hydrogen-bond acceptors (Lipinski definition) is 0. The Morgan fingerprint density at radius 2 is 1.25 bits per heavy atom. The van der Waals surface area contributed by atoms with E-state index in [1.165, 1.54) is 73.3 Å². The standard InChI is InChI=1S/2C19H19.C2H6Si.2ClH.Zr/c1-19(2,3)16-12-10-15(11-13-16)18-9-5-7-14-6-4-8-17(14)18;1-3-5-15-8-10-16(11-9-15)18-7-4-6-17-12-14(2)13-19(17)18;1-3-2;;;/h4-13H,1-3H3;4,6-13H,3,5H2,1-2H3;1-2H3;2*1H;/q2*-1;;;;+4/p-2. The zero-order valence-electron chi connectivity index (χ0n) is 27.1. The topological polar surface area (TPSA) is 0 Å². The summed E-state index contributed by atoms with van der Waals surface area (Å²) in [5.74, 6) is 0. The number of rotatable bonds is 4. The molecule has 2 radical (unpaired) electrons. The fourth-order valence-electron chi connectivity index (χ4n) is 5.34. The van der Waals surface area contributed by atoms with Crippen molar-refractivity contribution in [2.24, 2.45) is 0 Å². The summed E-state index contributed by atoms with van der Waals surface area (Å²) in [4.78, 5) is 0. The van der Waals surface area contributed by atoms with Crippen molar-refractivity contribution < 1.29 is 20.8 Å². The fourth-order valence-corrected chi connectivity index (χ4v) is 5.34. The molecule has 6 rings (SSSR count). The Labute approximate surface area is 287 Å². The van der Waals surface area contributed by atoms with Crippen LogP contribution in [0.5, 0.6) is 0 Å². The van der Waals surface area contributed by atoms with E-state index in [4.69, 9.17) is 17.0 Å². The van der Waals surface area contributed by atoms with E-state index in [1.807, 2.05) is 0 Å². The molecule has 0 N–H and O–H groups in total. The monoisotopic (exact) mass is 712 g/mol. The maximum atomic E-state index is 4.93. The first-order chi connectivity index (χ1) is 21.2. The number of fused-ring (bicyclic) bond motifs is 2. The molecule has 0 saturated heterocycles. The van der Waals surface area contributed by atoms with Crippen LogP contribution in [0.25, 0.3) is 43.8 Å². The van der Waals surface area contributed by atoms with Crippen molar-refractivity contribution in [2.75, 3.05) is 0 Å². The van der Waals surface area contributed by atoms with E-state index in [2.05, 4.69) is 163 Å². The maximum absolute atomic E-state index is 4.93. The summed E-state index contributed by atoms with van der Waals surface area (Å²) >= 11 is -0.826. The molecule has 0 spiro atoms. The van der Waals surface area contributed by atoms with E-state index >= 15 is 0 Å². The van der Waals surface area contributed by atoms with Crippen LogP contribution in [0, 0.1) is 6.92 Å². The van der Waals surface area contributed by atoms with Crippen molar-refractivity contribution in [1.29, 1.82) is 0 Å². The average molecular weight is 715 g/mol. The molecule has 0 nitrogen and oxygen atoms in total. The van der Waals surface area contributed by atoms with E-state index < -0.39 is 20.8 Å². The molecule has 0 amide bonds. The van der Waals surface area contributed by atoms with Crippen LogP contribution in [-0.2, 0) is 32.7 Å². The number of halogens is 2. The van der Waals surface area contributed by atoms with Crippen LogP contribution in [-0.4, -0.2) is 9.52 Å². The molecule has 44 heavy (non-hydrogen) atoms. The van der Waals surface area contributed by atoms with Gasteiger partial charge in [-0.25, -0.2) is 0 Å². The second-order valence-corrected chi connectivity index (χ2v) is 16.8. The van der Waals surface area contributed by atoms with Crippen LogP contribution in [0.1, 0.15) is 50.8 Å². The van der Waals surface area contributed by atoms with E-state index in [0.717, 1.165) is 9.52 Å². The first-order valence-electron chi connectivity index (χ1n) is 15.2. The van der Waals surface area contributed by atoms with Gasteiger partial charge in [-0.3, -0.25) is 0 Å². The number of aryl methyl sites for hydroxylation is 2. The Kier molecular flexibility index (Phi) is 14.9. The second kappa shape index (κ2) is 18.1. The van der Waals surface area contributed by atoms with Gasteiger partial charge in [-0.15, -0.1) is 63.5 Å². The molecule has 226 valence electrons. The molecule has 0 heterocycles. The fraction of sp³-hybridized carbons (Fsp3) is 0.250. The Balaban J connectivity index is 0.000000204.